The number of carbonyl (C=O) groups excluding carboxylic acids is 1. The second kappa shape index (κ2) is 11.9. The smallest absolute Gasteiger partial charge is 0.338 e. The Bertz CT molecular complexity index is 2010. The van der Waals surface area contributed by atoms with Crippen LogP contribution in [-0.4, -0.2) is 17.6 Å². The fourth-order valence-electron chi connectivity index (χ4n) is 5.24. The van der Waals surface area contributed by atoms with Crippen LogP contribution in [0, 0.1) is 0 Å². The third-order valence-electron chi connectivity index (χ3n) is 7.28. The van der Waals surface area contributed by atoms with Crippen molar-refractivity contribution < 1.29 is 14.3 Å². The summed E-state index contributed by atoms with van der Waals surface area (Å²) < 4.78 is 14.6. The molecule has 1 aromatic heterocycles. The summed E-state index contributed by atoms with van der Waals surface area (Å²) in [5.74, 6) is 0.183. The lowest BCUT2D eigenvalue weighted by Gasteiger charge is -2.25. The molecule has 0 aliphatic carbocycles. The van der Waals surface area contributed by atoms with Gasteiger partial charge in [-0.3, -0.25) is 9.36 Å². The summed E-state index contributed by atoms with van der Waals surface area (Å²) in [6, 6.07) is 28.9. The average molecular weight is 640 g/mol. The normalized spacial score (nSPS) is 14.9. The van der Waals surface area contributed by atoms with Gasteiger partial charge in [0, 0.05) is 10.0 Å². The number of fused-ring (bicyclic) bond motifs is 2. The minimum absolute atomic E-state index is 0.226. The van der Waals surface area contributed by atoms with Gasteiger partial charge < -0.3 is 9.47 Å². The zero-order valence-electron chi connectivity index (χ0n) is 23.0. The lowest BCUT2D eigenvalue weighted by atomic mass is 9.95. The van der Waals surface area contributed by atoms with E-state index in [9.17, 15) is 9.59 Å². The second-order valence-corrected chi connectivity index (χ2v) is 11.7. The quantitative estimate of drug-likeness (QED) is 0.196. The van der Waals surface area contributed by atoms with Crippen LogP contribution in [-0.2, 0) is 16.1 Å². The lowest BCUT2D eigenvalue weighted by molar-refractivity contribution is -0.136. The van der Waals surface area contributed by atoms with Gasteiger partial charge in [-0.05, 0) is 52.6 Å². The number of allylic oxidation sites excluding steroid dienone is 1. The fourth-order valence-corrected chi connectivity index (χ4v) is 6.50. The molecular formula is C34H27BrN2O4S. The summed E-state index contributed by atoms with van der Waals surface area (Å²) in [5, 5.41) is 2.01. The first-order valence-electron chi connectivity index (χ1n) is 13.6. The average Bonchev–Trinajstić information content (AvgIpc) is 3.34. The molecule has 4 aromatic carbocycles. The van der Waals surface area contributed by atoms with Gasteiger partial charge in [-0.15, -0.1) is 0 Å². The highest BCUT2D eigenvalue weighted by Crippen LogP contribution is 2.32. The Morgan fingerprint density at radius 2 is 1.74 bits per heavy atom. The molecule has 0 spiro atoms. The summed E-state index contributed by atoms with van der Waals surface area (Å²) >= 11 is 4.79. The van der Waals surface area contributed by atoms with Gasteiger partial charge in [-0.25, -0.2) is 9.79 Å². The number of methoxy groups -OCH3 is 1. The molecular weight excluding hydrogens is 612 g/mol. The standard InChI is InChI=1S/C34H27BrN2O4S/c1-3-27-30(33(39)40-2)31(23-10-5-4-6-11-23)37-32(38)29(42-34(37)36-27)19-26-25-12-8-7-9-22(25)15-18-28(26)41-20-21-13-16-24(35)17-14-21/h4-19,31H,3,20H2,1-2H3/b29-19+/t31-/m1/s1. The van der Waals surface area contributed by atoms with E-state index in [-0.39, 0.29) is 5.56 Å². The Kier molecular flexibility index (Phi) is 7.91. The molecule has 42 heavy (non-hydrogen) atoms. The lowest BCUT2D eigenvalue weighted by Crippen LogP contribution is -2.40. The number of ether oxygens (including phenoxy) is 2. The molecule has 0 fully saturated rings. The van der Waals surface area contributed by atoms with E-state index in [1.54, 1.807) is 4.57 Å². The molecule has 5 aromatic rings. The maximum Gasteiger partial charge on any atom is 0.338 e. The Balaban J connectivity index is 1.54. The third kappa shape index (κ3) is 5.24. The molecule has 6 nitrogen and oxygen atoms in total. The summed E-state index contributed by atoms with van der Waals surface area (Å²) in [7, 11) is 1.35. The number of halogens is 1. The molecule has 8 heteroatoms. The molecule has 0 radical (unpaired) electrons. The van der Waals surface area contributed by atoms with Crippen LogP contribution in [0.2, 0.25) is 0 Å². The number of hydrogen-bond donors (Lipinski definition) is 0. The van der Waals surface area contributed by atoms with Crippen LogP contribution in [0.4, 0.5) is 0 Å². The first-order valence-corrected chi connectivity index (χ1v) is 15.2. The predicted octanol–water partition coefficient (Wildman–Crippen LogP) is 6.29. The van der Waals surface area contributed by atoms with E-state index in [0.717, 1.165) is 31.9 Å². The van der Waals surface area contributed by atoms with Gasteiger partial charge in [-0.1, -0.05) is 107 Å². The second-order valence-electron chi connectivity index (χ2n) is 9.81. The van der Waals surface area contributed by atoms with Crippen molar-refractivity contribution in [3.63, 3.8) is 0 Å². The van der Waals surface area contributed by atoms with Gasteiger partial charge in [0.2, 0.25) is 0 Å². The van der Waals surface area contributed by atoms with Crippen molar-refractivity contribution in [1.82, 2.24) is 4.57 Å². The SMILES string of the molecule is CCC1=C(C(=O)OC)[C@@H](c2ccccc2)n2c(s/c(=C/c3c(OCc4ccc(Br)cc4)ccc4ccccc34)c2=O)=N1. The van der Waals surface area contributed by atoms with Crippen molar-refractivity contribution in [3.05, 3.63) is 143 Å². The first-order chi connectivity index (χ1) is 20.5. The molecule has 1 atom stereocenters. The Morgan fingerprint density at radius 3 is 2.48 bits per heavy atom. The Labute approximate surface area is 255 Å². The van der Waals surface area contributed by atoms with Gasteiger partial charge in [0.15, 0.2) is 4.80 Å². The van der Waals surface area contributed by atoms with Crippen molar-refractivity contribution in [1.29, 1.82) is 0 Å². The van der Waals surface area contributed by atoms with Crippen molar-refractivity contribution in [3.8, 4) is 5.75 Å². The van der Waals surface area contributed by atoms with Crippen LogP contribution >= 0.6 is 27.3 Å². The minimum atomic E-state index is -0.646. The molecule has 6 rings (SSSR count). The number of benzene rings is 4. The van der Waals surface area contributed by atoms with Gasteiger partial charge in [0.25, 0.3) is 5.56 Å². The minimum Gasteiger partial charge on any atom is -0.488 e. The van der Waals surface area contributed by atoms with Gasteiger partial charge in [-0.2, -0.15) is 0 Å². The number of hydrogen-bond acceptors (Lipinski definition) is 6. The van der Waals surface area contributed by atoms with Crippen LogP contribution < -0.4 is 19.6 Å². The number of aromatic nitrogens is 1. The molecule has 0 N–H and O–H groups in total. The van der Waals surface area contributed by atoms with Crippen molar-refractivity contribution in [2.75, 3.05) is 7.11 Å². The number of nitrogens with zero attached hydrogens (tertiary/aromatic N) is 2. The van der Waals surface area contributed by atoms with Crippen LogP contribution in [0.3, 0.4) is 0 Å². The molecule has 1 aliphatic heterocycles. The first kappa shape index (κ1) is 27.9. The highest BCUT2D eigenvalue weighted by molar-refractivity contribution is 9.10. The van der Waals surface area contributed by atoms with Crippen molar-refractivity contribution in [2.24, 2.45) is 4.99 Å². The van der Waals surface area contributed by atoms with Crippen molar-refractivity contribution >= 4 is 50.1 Å². The van der Waals surface area contributed by atoms with E-state index in [2.05, 4.69) is 15.9 Å². The summed E-state index contributed by atoms with van der Waals surface area (Å²) in [6.45, 7) is 2.33. The molecule has 1 aliphatic rings. The molecule has 210 valence electrons. The maximum absolute atomic E-state index is 14.2. The van der Waals surface area contributed by atoms with Crippen LogP contribution in [0.25, 0.3) is 16.8 Å². The summed E-state index contributed by atoms with van der Waals surface area (Å²) in [6.07, 6.45) is 2.41. The number of esters is 1. The zero-order valence-corrected chi connectivity index (χ0v) is 25.4. The summed E-state index contributed by atoms with van der Waals surface area (Å²) in [5.41, 5.74) is 3.43. The van der Waals surface area contributed by atoms with Crippen LogP contribution in [0.15, 0.2) is 117 Å². The van der Waals surface area contributed by atoms with Crippen LogP contribution in [0.5, 0.6) is 5.75 Å². The van der Waals surface area contributed by atoms with E-state index in [1.165, 1.54) is 18.4 Å². The third-order valence-corrected chi connectivity index (χ3v) is 8.79. The number of rotatable bonds is 7. The topological polar surface area (TPSA) is 69.9 Å². The van der Waals surface area contributed by atoms with Crippen LogP contribution in [0.1, 0.15) is 36.1 Å². The Hall–Kier alpha value is -4.27. The molecule has 2 heterocycles. The van der Waals surface area contributed by atoms with Crippen molar-refractivity contribution in [2.45, 2.75) is 26.0 Å². The predicted molar refractivity (Wildman–Crippen MR) is 169 cm³/mol. The molecule has 0 amide bonds. The largest absolute Gasteiger partial charge is 0.488 e. The van der Waals surface area contributed by atoms with Gasteiger partial charge in [0.05, 0.1) is 29.0 Å². The number of carbonyl (C=O) groups is 1. The number of thiazole rings is 1. The maximum atomic E-state index is 14.2. The zero-order chi connectivity index (χ0) is 29.2. The monoisotopic (exact) mass is 638 g/mol. The Morgan fingerprint density at radius 1 is 1.00 bits per heavy atom. The highest BCUT2D eigenvalue weighted by atomic mass is 79.9. The fraction of sp³-hybridized carbons (Fsp3) is 0.147. The van der Waals surface area contributed by atoms with E-state index in [1.807, 2.05) is 104 Å². The molecule has 0 saturated carbocycles. The summed E-state index contributed by atoms with van der Waals surface area (Å²) in [4.78, 5) is 32.6. The molecule has 0 unspecified atom stereocenters. The molecule has 0 bridgehead atoms. The van der Waals surface area contributed by atoms with Gasteiger partial charge >= 0.3 is 5.97 Å². The molecule has 0 saturated heterocycles. The van der Waals surface area contributed by atoms with E-state index in [0.29, 0.717) is 39.4 Å². The van der Waals surface area contributed by atoms with E-state index < -0.39 is 12.0 Å². The van der Waals surface area contributed by atoms with Gasteiger partial charge in [0.1, 0.15) is 12.4 Å². The van der Waals surface area contributed by atoms with E-state index >= 15 is 0 Å². The highest BCUT2D eigenvalue weighted by Gasteiger charge is 2.33. The van der Waals surface area contributed by atoms with E-state index in [4.69, 9.17) is 14.5 Å².